The summed E-state index contributed by atoms with van der Waals surface area (Å²) in [5, 5.41) is 8.80. The van der Waals surface area contributed by atoms with Gasteiger partial charge in [0.25, 0.3) is 0 Å². The first kappa shape index (κ1) is 16.2. The van der Waals surface area contributed by atoms with Gasteiger partial charge >= 0.3 is 0 Å². The van der Waals surface area contributed by atoms with E-state index in [4.69, 9.17) is 0 Å². The van der Waals surface area contributed by atoms with Crippen molar-refractivity contribution >= 4 is 11.4 Å². The van der Waals surface area contributed by atoms with Crippen molar-refractivity contribution in [2.75, 3.05) is 0 Å². The summed E-state index contributed by atoms with van der Waals surface area (Å²) in [6.07, 6.45) is 0. The molecule has 0 bridgehead atoms. The van der Waals surface area contributed by atoms with Gasteiger partial charge in [-0.2, -0.15) is 10.2 Å². The van der Waals surface area contributed by atoms with E-state index < -0.39 is 0 Å². The van der Waals surface area contributed by atoms with Crippen LogP contribution >= 0.6 is 0 Å². The van der Waals surface area contributed by atoms with Gasteiger partial charge in [-0.25, -0.2) is 0 Å². The first-order valence-corrected chi connectivity index (χ1v) is 7.62. The molecule has 0 unspecified atom stereocenters. The Morgan fingerprint density at radius 1 is 0.591 bits per heavy atom. The average Bonchev–Trinajstić information content (AvgIpc) is 2.50. The Balaban J connectivity index is 2.27. The van der Waals surface area contributed by atoms with Crippen LogP contribution in [0.3, 0.4) is 0 Å². The van der Waals surface area contributed by atoms with Gasteiger partial charge in [-0.05, 0) is 87.1 Å². The van der Waals surface area contributed by atoms with Gasteiger partial charge in [0.05, 0.1) is 11.4 Å². The molecule has 0 N–H and O–H groups in total. The second-order valence-electron chi connectivity index (χ2n) is 5.97. The van der Waals surface area contributed by atoms with E-state index in [0.29, 0.717) is 0 Å². The topological polar surface area (TPSA) is 24.7 Å². The summed E-state index contributed by atoms with van der Waals surface area (Å²) in [4.78, 5) is 0. The normalized spacial score (nSPS) is 12.6. The molecule has 0 atom stereocenters. The molecule has 2 aromatic carbocycles. The summed E-state index contributed by atoms with van der Waals surface area (Å²) >= 11 is 0. The lowest BCUT2D eigenvalue weighted by Crippen LogP contribution is -1.98. The van der Waals surface area contributed by atoms with Crippen LogP contribution in [0.5, 0.6) is 0 Å². The molecule has 0 saturated heterocycles. The highest BCUT2D eigenvalue weighted by Crippen LogP contribution is 2.13. The molecule has 0 fully saturated rings. The third kappa shape index (κ3) is 3.70. The van der Waals surface area contributed by atoms with Gasteiger partial charge in [-0.3, -0.25) is 0 Å². The third-order valence-electron chi connectivity index (χ3n) is 4.20. The molecule has 2 heteroatoms. The van der Waals surface area contributed by atoms with Gasteiger partial charge < -0.3 is 0 Å². The van der Waals surface area contributed by atoms with Gasteiger partial charge in [0.2, 0.25) is 0 Å². The first-order valence-electron chi connectivity index (χ1n) is 7.62. The van der Waals surface area contributed by atoms with Crippen LogP contribution in [0.1, 0.15) is 47.2 Å². The molecule has 0 saturated carbocycles. The number of hydrogen-bond acceptors (Lipinski definition) is 2. The van der Waals surface area contributed by atoms with Crippen molar-refractivity contribution in [3.63, 3.8) is 0 Å². The molecule has 0 aliphatic rings. The first-order chi connectivity index (χ1) is 10.4. The van der Waals surface area contributed by atoms with Gasteiger partial charge in [-0.15, -0.1) is 0 Å². The molecule has 0 spiro atoms. The van der Waals surface area contributed by atoms with Crippen LogP contribution in [-0.2, 0) is 0 Å². The van der Waals surface area contributed by atoms with E-state index in [0.717, 1.165) is 22.6 Å². The smallest absolute Gasteiger partial charge is 0.0672 e. The summed E-state index contributed by atoms with van der Waals surface area (Å²) in [6, 6.07) is 12.8. The maximum Gasteiger partial charge on any atom is 0.0672 e. The van der Waals surface area contributed by atoms with E-state index in [2.05, 4.69) is 74.3 Å². The Bertz CT molecular complexity index is 687. The summed E-state index contributed by atoms with van der Waals surface area (Å²) in [5.41, 5.74) is 9.28. The molecule has 2 rings (SSSR count). The minimum atomic E-state index is 0.936. The fourth-order valence-corrected chi connectivity index (χ4v) is 2.20. The van der Waals surface area contributed by atoms with Crippen molar-refractivity contribution in [3.05, 3.63) is 69.8 Å². The second kappa shape index (κ2) is 6.69. The molecular formula is C20H24N2. The van der Waals surface area contributed by atoms with Crippen LogP contribution in [0.25, 0.3) is 0 Å². The van der Waals surface area contributed by atoms with Crippen LogP contribution in [0.4, 0.5) is 0 Å². The van der Waals surface area contributed by atoms with Crippen molar-refractivity contribution in [2.24, 2.45) is 10.2 Å². The maximum atomic E-state index is 4.40. The number of rotatable bonds is 3. The third-order valence-corrected chi connectivity index (χ3v) is 4.20. The molecule has 0 heterocycles. The van der Waals surface area contributed by atoms with Gasteiger partial charge in [0, 0.05) is 0 Å². The summed E-state index contributed by atoms with van der Waals surface area (Å²) in [6.45, 7) is 12.5. The highest BCUT2D eigenvalue weighted by molar-refractivity contribution is 6.01. The van der Waals surface area contributed by atoms with Crippen molar-refractivity contribution in [1.29, 1.82) is 0 Å². The number of benzene rings is 2. The Hall–Kier alpha value is -2.22. The molecule has 0 amide bonds. The van der Waals surface area contributed by atoms with Crippen molar-refractivity contribution in [3.8, 4) is 0 Å². The lowest BCUT2D eigenvalue weighted by atomic mass is 10.0. The lowest BCUT2D eigenvalue weighted by molar-refractivity contribution is 1.21. The van der Waals surface area contributed by atoms with Crippen LogP contribution in [0, 0.1) is 27.7 Å². The van der Waals surface area contributed by atoms with Crippen LogP contribution in [0.15, 0.2) is 46.6 Å². The fourth-order valence-electron chi connectivity index (χ4n) is 2.20. The van der Waals surface area contributed by atoms with Crippen molar-refractivity contribution in [2.45, 2.75) is 41.5 Å². The lowest BCUT2D eigenvalue weighted by Gasteiger charge is -2.05. The summed E-state index contributed by atoms with van der Waals surface area (Å²) < 4.78 is 0. The average molecular weight is 292 g/mol. The van der Waals surface area contributed by atoms with E-state index in [1.54, 1.807) is 0 Å². The summed E-state index contributed by atoms with van der Waals surface area (Å²) in [7, 11) is 0. The van der Waals surface area contributed by atoms with Crippen molar-refractivity contribution < 1.29 is 0 Å². The quantitative estimate of drug-likeness (QED) is 0.552. The molecule has 0 aromatic heterocycles. The largest absolute Gasteiger partial charge is 0.155 e. The number of hydrogen-bond donors (Lipinski definition) is 0. The zero-order valence-corrected chi connectivity index (χ0v) is 14.4. The van der Waals surface area contributed by atoms with E-state index in [1.807, 2.05) is 13.8 Å². The molecular weight excluding hydrogens is 268 g/mol. The van der Waals surface area contributed by atoms with Gasteiger partial charge in [-0.1, -0.05) is 24.3 Å². The summed E-state index contributed by atoms with van der Waals surface area (Å²) in [5.74, 6) is 0. The molecule has 0 radical (unpaired) electrons. The Kier molecular flexibility index (Phi) is 4.92. The zero-order valence-electron chi connectivity index (χ0n) is 14.4. The Morgan fingerprint density at radius 2 is 0.955 bits per heavy atom. The highest BCUT2D eigenvalue weighted by atomic mass is 15.2. The molecule has 0 aliphatic carbocycles. The predicted molar refractivity (Wildman–Crippen MR) is 96.3 cm³/mol. The van der Waals surface area contributed by atoms with E-state index in [9.17, 15) is 0 Å². The molecule has 2 nitrogen and oxygen atoms in total. The molecule has 2 aromatic rings. The van der Waals surface area contributed by atoms with Crippen molar-refractivity contribution in [1.82, 2.24) is 0 Å². The molecule has 22 heavy (non-hydrogen) atoms. The van der Waals surface area contributed by atoms with E-state index in [-0.39, 0.29) is 0 Å². The van der Waals surface area contributed by atoms with E-state index >= 15 is 0 Å². The standard InChI is InChI=1S/C20H24N2/c1-13-7-9-19(11-15(13)3)17(5)21-22-18(6)20-10-8-14(2)16(4)12-20/h7-12H,1-6H3/b21-17-,22-18-. The zero-order chi connectivity index (χ0) is 16.3. The number of nitrogens with zero attached hydrogens (tertiary/aromatic N) is 2. The Morgan fingerprint density at radius 3 is 1.27 bits per heavy atom. The van der Waals surface area contributed by atoms with E-state index in [1.165, 1.54) is 22.3 Å². The monoisotopic (exact) mass is 292 g/mol. The van der Waals surface area contributed by atoms with Gasteiger partial charge in [0.15, 0.2) is 0 Å². The molecule has 0 aliphatic heterocycles. The Labute approximate surface area is 133 Å². The number of aryl methyl sites for hydroxylation is 4. The highest BCUT2D eigenvalue weighted by Gasteiger charge is 2.02. The molecule has 114 valence electrons. The minimum Gasteiger partial charge on any atom is -0.155 e. The fraction of sp³-hybridized carbons (Fsp3) is 0.300. The van der Waals surface area contributed by atoms with Crippen LogP contribution < -0.4 is 0 Å². The SMILES string of the molecule is C/C(=N/N=C(/C)c1ccc(C)c(C)c1)c1ccc(C)c(C)c1. The minimum absolute atomic E-state index is 0.936. The predicted octanol–water partition coefficient (Wildman–Crippen LogP) is 5.15. The maximum absolute atomic E-state index is 4.40. The second-order valence-corrected chi connectivity index (χ2v) is 5.97. The van der Waals surface area contributed by atoms with Gasteiger partial charge in [0.1, 0.15) is 0 Å². The van der Waals surface area contributed by atoms with Crippen LogP contribution in [-0.4, -0.2) is 11.4 Å². The van der Waals surface area contributed by atoms with Crippen LogP contribution in [0.2, 0.25) is 0 Å².